The molecule has 3 aliphatic rings. The van der Waals surface area contributed by atoms with Crippen molar-refractivity contribution >= 4 is 40.7 Å². The molecule has 0 aromatic heterocycles. The lowest BCUT2D eigenvalue weighted by molar-refractivity contribution is -0.187. The van der Waals surface area contributed by atoms with E-state index in [9.17, 15) is 9.59 Å². The molecule has 6 nitrogen and oxygen atoms in total. The summed E-state index contributed by atoms with van der Waals surface area (Å²) in [6, 6.07) is 4.93. The fourth-order valence-corrected chi connectivity index (χ4v) is 3.95. The Morgan fingerprint density at radius 2 is 1.77 bits per heavy atom. The number of carbonyl (C=O) groups is 2. The number of piperidine rings is 1. The Kier molecular flexibility index (Phi) is 4.86. The van der Waals surface area contributed by atoms with Crippen LogP contribution in [0.2, 0.25) is 10.0 Å². The summed E-state index contributed by atoms with van der Waals surface area (Å²) in [6.07, 6.45) is 1.96. The summed E-state index contributed by atoms with van der Waals surface area (Å²) >= 11 is 11.8. The van der Waals surface area contributed by atoms with Gasteiger partial charge in [0.2, 0.25) is 11.8 Å². The maximum atomic E-state index is 12.7. The fourth-order valence-electron chi connectivity index (χ4n) is 3.65. The Balaban J connectivity index is 1.29. The van der Waals surface area contributed by atoms with Gasteiger partial charge in [-0.2, -0.15) is 0 Å². The minimum Gasteiger partial charge on any atom is -0.347 e. The van der Waals surface area contributed by atoms with Crippen LogP contribution in [0.1, 0.15) is 19.3 Å². The molecule has 3 fully saturated rings. The van der Waals surface area contributed by atoms with Crippen LogP contribution in [0.5, 0.6) is 0 Å². The van der Waals surface area contributed by atoms with Gasteiger partial charge in [0.05, 0.1) is 35.1 Å². The van der Waals surface area contributed by atoms with E-state index in [1.807, 2.05) is 4.90 Å². The van der Waals surface area contributed by atoms with E-state index < -0.39 is 5.79 Å². The highest BCUT2D eigenvalue weighted by molar-refractivity contribution is 6.42. The van der Waals surface area contributed by atoms with Gasteiger partial charge in [-0.1, -0.05) is 23.2 Å². The van der Waals surface area contributed by atoms with E-state index in [1.165, 1.54) is 0 Å². The van der Waals surface area contributed by atoms with E-state index in [-0.39, 0.29) is 23.7 Å². The number of benzene rings is 1. The van der Waals surface area contributed by atoms with Gasteiger partial charge < -0.3 is 19.7 Å². The molecule has 2 atom stereocenters. The zero-order valence-corrected chi connectivity index (χ0v) is 15.7. The van der Waals surface area contributed by atoms with Crippen molar-refractivity contribution in [3.05, 3.63) is 28.2 Å². The standard InChI is InChI=1S/C18H20Cl2N2O4/c19-14-2-1-11(9-15(14)20)21-16(23)12-10-13(12)17(24)22-5-3-18(4-6-22)25-7-8-26-18/h1-2,9,12-13H,3-8,10H2,(H,21,23). The highest BCUT2D eigenvalue weighted by Gasteiger charge is 2.51. The molecular formula is C18H20Cl2N2O4. The quantitative estimate of drug-likeness (QED) is 0.849. The van der Waals surface area contributed by atoms with Gasteiger partial charge in [-0.05, 0) is 24.6 Å². The first-order chi connectivity index (χ1) is 12.5. The Labute approximate surface area is 161 Å². The molecular weight excluding hydrogens is 379 g/mol. The third-order valence-electron chi connectivity index (χ3n) is 5.28. The summed E-state index contributed by atoms with van der Waals surface area (Å²) < 4.78 is 11.4. The predicted octanol–water partition coefficient (Wildman–Crippen LogP) is 2.93. The van der Waals surface area contributed by atoms with Crippen molar-refractivity contribution in [1.82, 2.24) is 4.90 Å². The highest BCUT2D eigenvalue weighted by atomic mass is 35.5. The van der Waals surface area contributed by atoms with Crippen LogP contribution in [0.15, 0.2) is 18.2 Å². The molecule has 2 saturated heterocycles. The first-order valence-corrected chi connectivity index (χ1v) is 9.56. The number of ether oxygens (including phenoxy) is 2. The van der Waals surface area contributed by atoms with E-state index in [4.69, 9.17) is 32.7 Å². The van der Waals surface area contributed by atoms with Crippen molar-refractivity contribution in [1.29, 1.82) is 0 Å². The summed E-state index contributed by atoms with van der Waals surface area (Å²) in [4.78, 5) is 26.9. The molecule has 0 radical (unpaired) electrons. The van der Waals surface area contributed by atoms with Crippen LogP contribution >= 0.6 is 23.2 Å². The van der Waals surface area contributed by atoms with Gasteiger partial charge in [-0.25, -0.2) is 0 Å². The molecule has 1 aliphatic carbocycles. The van der Waals surface area contributed by atoms with E-state index in [1.54, 1.807) is 18.2 Å². The molecule has 1 saturated carbocycles. The van der Waals surface area contributed by atoms with Gasteiger partial charge in [0, 0.05) is 31.6 Å². The number of carbonyl (C=O) groups excluding carboxylic acids is 2. The molecule has 26 heavy (non-hydrogen) atoms. The molecule has 1 spiro atoms. The average molecular weight is 399 g/mol. The zero-order chi connectivity index (χ0) is 18.3. The second kappa shape index (κ2) is 7.00. The van der Waals surface area contributed by atoms with Crippen LogP contribution in [0.3, 0.4) is 0 Å². The SMILES string of the molecule is O=C(Nc1ccc(Cl)c(Cl)c1)C1CC1C(=O)N1CCC2(CC1)OCCO2. The number of anilines is 1. The number of hydrogen-bond acceptors (Lipinski definition) is 4. The van der Waals surface area contributed by atoms with Gasteiger partial charge in [0.25, 0.3) is 0 Å². The maximum Gasteiger partial charge on any atom is 0.228 e. The summed E-state index contributed by atoms with van der Waals surface area (Å²) in [5.41, 5.74) is 0.581. The number of hydrogen-bond donors (Lipinski definition) is 1. The molecule has 8 heteroatoms. The van der Waals surface area contributed by atoms with Gasteiger partial charge in [0.1, 0.15) is 0 Å². The monoisotopic (exact) mass is 398 g/mol. The van der Waals surface area contributed by atoms with Gasteiger partial charge in [-0.3, -0.25) is 9.59 Å². The molecule has 4 rings (SSSR count). The number of halogens is 2. The lowest BCUT2D eigenvalue weighted by Gasteiger charge is -2.37. The first-order valence-electron chi connectivity index (χ1n) is 8.80. The molecule has 2 aliphatic heterocycles. The van der Waals surface area contributed by atoms with Crippen LogP contribution in [-0.4, -0.2) is 48.8 Å². The Hall–Kier alpha value is -1.34. The highest BCUT2D eigenvalue weighted by Crippen LogP contribution is 2.42. The number of rotatable bonds is 3. The fraction of sp³-hybridized carbons (Fsp3) is 0.556. The van der Waals surface area contributed by atoms with E-state index >= 15 is 0 Å². The van der Waals surface area contributed by atoms with Crippen LogP contribution in [0, 0.1) is 11.8 Å². The minimum absolute atomic E-state index is 0.0483. The third kappa shape index (κ3) is 3.56. The van der Waals surface area contributed by atoms with Crippen LogP contribution in [0.4, 0.5) is 5.69 Å². The van der Waals surface area contributed by atoms with Crippen molar-refractivity contribution in [2.45, 2.75) is 25.0 Å². The zero-order valence-electron chi connectivity index (χ0n) is 14.2. The number of likely N-dealkylation sites (tertiary alicyclic amines) is 1. The lowest BCUT2D eigenvalue weighted by atomic mass is 10.0. The van der Waals surface area contributed by atoms with Crippen molar-refractivity contribution in [3.63, 3.8) is 0 Å². The summed E-state index contributed by atoms with van der Waals surface area (Å²) in [7, 11) is 0. The van der Waals surface area contributed by atoms with Crippen molar-refractivity contribution in [2.24, 2.45) is 11.8 Å². The Morgan fingerprint density at radius 3 is 2.42 bits per heavy atom. The van der Waals surface area contributed by atoms with Crippen molar-refractivity contribution in [2.75, 3.05) is 31.6 Å². The molecule has 0 bridgehead atoms. The van der Waals surface area contributed by atoms with Crippen LogP contribution < -0.4 is 5.32 Å². The molecule has 2 heterocycles. The topological polar surface area (TPSA) is 67.9 Å². The largest absolute Gasteiger partial charge is 0.347 e. The maximum absolute atomic E-state index is 12.7. The minimum atomic E-state index is -0.495. The molecule has 2 amide bonds. The van der Waals surface area contributed by atoms with Gasteiger partial charge >= 0.3 is 0 Å². The van der Waals surface area contributed by atoms with E-state index in [0.717, 1.165) is 0 Å². The normalized spacial score (nSPS) is 26.8. The lowest BCUT2D eigenvalue weighted by Crippen LogP contribution is -2.48. The van der Waals surface area contributed by atoms with Crippen LogP contribution in [0.25, 0.3) is 0 Å². The summed E-state index contributed by atoms with van der Waals surface area (Å²) in [5, 5.41) is 3.62. The summed E-state index contributed by atoms with van der Waals surface area (Å²) in [5.74, 6) is -1.13. The molecule has 2 unspecified atom stereocenters. The van der Waals surface area contributed by atoms with E-state index in [2.05, 4.69) is 5.32 Å². The molecule has 1 N–H and O–H groups in total. The number of nitrogens with zero attached hydrogens (tertiary/aromatic N) is 1. The Bertz CT molecular complexity index is 726. The predicted molar refractivity (Wildman–Crippen MR) is 97.1 cm³/mol. The average Bonchev–Trinajstić information content (AvgIpc) is 3.32. The second-order valence-electron chi connectivity index (χ2n) is 7.00. The molecule has 140 valence electrons. The van der Waals surface area contributed by atoms with Crippen molar-refractivity contribution in [3.8, 4) is 0 Å². The Morgan fingerprint density at radius 1 is 1.08 bits per heavy atom. The molecule has 1 aromatic rings. The van der Waals surface area contributed by atoms with Gasteiger partial charge in [-0.15, -0.1) is 0 Å². The third-order valence-corrected chi connectivity index (χ3v) is 6.02. The molecule has 1 aromatic carbocycles. The van der Waals surface area contributed by atoms with Gasteiger partial charge in [0.15, 0.2) is 5.79 Å². The first kappa shape index (κ1) is 18.0. The second-order valence-corrected chi connectivity index (χ2v) is 7.81. The van der Waals surface area contributed by atoms with Crippen LogP contribution in [-0.2, 0) is 19.1 Å². The summed E-state index contributed by atoms with van der Waals surface area (Å²) in [6.45, 7) is 2.45. The number of nitrogens with one attached hydrogen (secondary N) is 1. The van der Waals surface area contributed by atoms with Crippen molar-refractivity contribution < 1.29 is 19.1 Å². The number of amides is 2. The van der Waals surface area contributed by atoms with E-state index in [0.29, 0.717) is 61.3 Å². The smallest absolute Gasteiger partial charge is 0.228 e.